The van der Waals surface area contributed by atoms with Crippen molar-refractivity contribution in [2.24, 2.45) is 0 Å². The van der Waals surface area contributed by atoms with Crippen LogP contribution in [-0.4, -0.2) is 16.0 Å². The van der Waals surface area contributed by atoms with E-state index >= 15 is 0 Å². The maximum absolute atomic E-state index is 11.4. The molecule has 1 unspecified atom stereocenters. The van der Waals surface area contributed by atoms with E-state index in [1.165, 1.54) is 0 Å². The van der Waals surface area contributed by atoms with Crippen LogP contribution in [0.4, 0.5) is 0 Å². The zero-order valence-electron chi connectivity index (χ0n) is 7.00. The first-order valence-electron chi connectivity index (χ1n) is 3.66. The summed E-state index contributed by atoms with van der Waals surface area (Å²) in [6, 6.07) is 6.35. The second kappa shape index (κ2) is 5.34. The molecule has 0 fully saturated rings. The van der Waals surface area contributed by atoms with E-state index in [0.29, 0.717) is 9.92 Å². The van der Waals surface area contributed by atoms with Crippen molar-refractivity contribution in [3.8, 4) is 0 Å². The fourth-order valence-electron chi connectivity index (χ4n) is 0.748. The summed E-state index contributed by atoms with van der Waals surface area (Å²) >= 11 is 10.9. The summed E-state index contributed by atoms with van der Waals surface area (Å²) in [4.78, 5) is 11.3. The third-order valence-electron chi connectivity index (χ3n) is 1.36. The fourth-order valence-corrected chi connectivity index (χ4v) is 1.80. The summed E-state index contributed by atoms with van der Waals surface area (Å²) < 4.78 is 13.6. The number of hydrogen-bond donors (Lipinski definition) is 1. The van der Waals surface area contributed by atoms with Crippen molar-refractivity contribution in [1.82, 2.24) is 4.72 Å². The Morgan fingerprint density at radius 1 is 1.36 bits per heavy atom. The van der Waals surface area contributed by atoms with Crippen molar-refractivity contribution >= 4 is 40.1 Å². The van der Waals surface area contributed by atoms with Crippen LogP contribution in [-0.2, 0) is 15.8 Å². The van der Waals surface area contributed by atoms with E-state index < -0.39 is 16.9 Å². The molecule has 14 heavy (non-hydrogen) atoms. The molecule has 0 heterocycles. The van der Waals surface area contributed by atoms with Crippen molar-refractivity contribution < 1.29 is 9.00 Å². The van der Waals surface area contributed by atoms with Crippen molar-refractivity contribution in [3.05, 3.63) is 29.3 Å². The summed E-state index contributed by atoms with van der Waals surface area (Å²) in [6.45, 7) is 0. The Labute approximate surface area is 94.0 Å². The van der Waals surface area contributed by atoms with Gasteiger partial charge in [-0.1, -0.05) is 11.6 Å². The van der Waals surface area contributed by atoms with Crippen LogP contribution in [0.25, 0.3) is 0 Å². The van der Waals surface area contributed by atoms with Gasteiger partial charge < -0.3 is 0 Å². The molecular weight excluding hydrogens is 245 g/mol. The monoisotopic (exact) mass is 251 g/mol. The molecule has 0 aromatic heterocycles. The van der Waals surface area contributed by atoms with E-state index in [1.807, 2.05) is 0 Å². The van der Waals surface area contributed by atoms with Crippen molar-refractivity contribution in [3.63, 3.8) is 0 Å². The lowest BCUT2D eigenvalue weighted by atomic mass is 10.4. The molecule has 6 heteroatoms. The van der Waals surface area contributed by atoms with Crippen LogP contribution < -0.4 is 4.72 Å². The maximum atomic E-state index is 11.4. The number of hydrogen-bond acceptors (Lipinski definition) is 2. The minimum Gasteiger partial charge on any atom is -0.273 e. The van der Waals surface area contributed by atoms with Crippen LogP contribution in [0.15, 0.2) is 29.2 Å². The highest BCUT2D eigenvalue weighted by molar-refractivity contribution is 7.83. The molecule has 0 saturated heterocycles. The summed E-state index contributed by atoms with van der Waals surface area (Å²) in [7, 11) is -1.56. The molecule has 0 aliphatic carbocycles. The first kappa shape index (κ1) is 11.5. The molecule has 1 aromatic rings. The van der Waals surface area contributed by atoms with Crippen LogP contribution >= 0.6 is 23.2 Å². The average Bonchev–Trinajstić information content (AvgIpc) is 2.18. The molecule has 0 aliphatic heterocycles. The van der Waals surface area contributed by atoms with Crippen molar-refractivity contribution in [2.75, 3.05) is 5.88 Å². The number of benzene rings is 1. The minimum absolute atomic E-state index is 0.209. The predicted octanol–water partition coefficient (Wildman–Crippen LogP) is 1.72. The highest BCUT2D eigenvalue weighted by atomic mass is 35.5. The number of nitrogens with one attached hydrogen (secondary N) is 1. The van der Waals surface area contributed by atoms with Crippen LogP contribution in [0.3, 0.4) is 0 Å². The number of carbonyl (C=O) groups is 1. The molecule has 0 saturated carbocycles. The molecule has 1 atom stereocenters. The van der Waals surface area contributed by atoms with Gasteiger partial charge in [-0.15, -0.1) is 11.6 Å². The van der Waals surface area contributed by atoms with Gasteiger partial charge in [0, 0.05) is 5.02 Å². The number of carbonyl (C=O) groups excluding carboxylic acids is 1. The summed E-state index contributed by atoms with van der Waals surface area (Å²) in [6.07, 6.45) is 0. The lowest BCUT2D eigenvalue weighted by Crippen LogP contribution is -2.26. The van der Waals surface area contributed by atoms with Crippen LogP contribution in [0.5, 0.6) is 0 Å². The highest BCUT2D eigenvalue weighted by Gasteiger charge is 2.06. The Hall–Kier alpha value is -0.580. The summed E-state index contributed by atoms with van der Waals surface area (Å²) in [5.41, 5.74) is 0. The van der Waals surface area contributed by atoms with Gasteiger partial charge in [0.05, 0.1) is 4.90 Å². The normalized spacial score (nSPS) is 12.1. The van der Waals surface area contributed by atoms with Gasteiger partial charge in [0.15, 0.2) is 11.0 Å². The molecule has 1 N–H and O–H groups in total. The van der Waals surface area contributed by atoms with Gasteiger partial charge >= 0.3 is 0 Å². The fraction of sp³-hybridized carbons (Fsp3) is 0.125. The molecule has 0 spiro atoms. The van der Waals surface area contributed by atoms with Crippen molar-refractivity contribution in [1.29, 1.82) is 0 Å². The second-order valence-electron chi connectivity index (χ2n) is 2.38. The van der Waals surface area contributed by atoms with Gasteiger partial charge in [0.2, 0.25) is 5.91 Å². The van der Waals surface area contributed by atoms with Gasteiger partial charge in [0.1, 0.15) is 5.88 Å². The summed E-state index contributed by atoms with van der Waals surface area (Å²) in [5, 5.41) is 0.550. The van der Waals surface area contributed by atoms with E-state index in [9.17, 15) is 9.00 Å². The quantitative estimate of drug-likeness (QED) is 0.832. The zero-order chi connectivity index (χ0) is 10.6. The number of halogens is 2. The lowest BCUT2D eigenvalue weighted by molar-refractivity contribution is -0.116. The van der Waals surface area contributed by atoms with Crippen LogP contribution in [0.2, 0.25) is 5.02 Å². The van der Waals surface area contributed by atoms with Crippen molar-refractivity contribution in [2.45, 2.75) is 4.90 Å². The Morgan fingerprint density at radius 3 is 2.43 bits per heavy atom. The van der Waals surface area contributed by atoms with Gasteiger partial charge in [-0.25, -0.2) is 4.21 Å². The second-order valence-corrected chi connectivity index (χ2v) is 4.30. The molecule has 76 valence electrons. The lowest BCUT2D eigenvalue weighted by Gasteiger charge is -2.02. The van der Waals surface area contributed by atoms with Crippen LogP contribution in [0.1, 0.15) is 0 Å². The molecule has 1 aromatic carbocycles. The minimum atomic E-state index is -1.56. The largest absolute Gasteiger partial charge is 0.273 e. The molecule has 1 amide bonds. The highest BCUT2D eigenvalue weighted by Crippen LogP contribution is 2.11. The smallest absolute Gasteiger partial charge is 0.246 e. The van der Waals surface area contributed by atoms with E-state index in [-0.39, 0.29) is 5.88 Å². The van der Waals surface area contributed by atoms with Gasteiger partial charge in [-0.2, -0.15) is 0 Å². The Morgan fingerprint density at radius 2 is 1.93 bits per heavy atom. The van der Waals surface area contributed by atoms with E-state index in [4.69, 9.17) is 23.2 Å². The standard InChI is InChI=1S/C8H7Cl2NO2S/c9-5-8(12)11-14(13)7-3-1-6(10)2-4-7/h1-4H,5H2,(H,11,12). The third-order valence-corrected chi connectivity index (χ3v) is 2.96. The van der Waals surface area contributed by atoms with Gasteiger partial charge in [-0.3, -0.25) is 9.52 Å². The number of amides is 1. The van der Waals surface area contributed by atoms with Gasteiger partial charge in [0.25, 0.3) is 0 Å². The molecule has 0 bridgehead atoms. The molecule has 1 rings (SSSR count). The average molecular weight is 252 g/mol. The van der Waals surface area contributed by atoms with E-state index in [0.717, 1.165) is 0 Å². The topological polar surface area (TPSA) is 46.2 Å². The molecular formula is C8H7Cl2NO2S. The van der Waals surface area contributed by atoms with Crippen LogP contribution in [0, 0.1) is 0 Å². The van der Waals surface area contributed by atoms with E-state index in [2.05, 4.69) is 4.72 Å². The molecule has 3 nitrogen and oxygen atoms in total. The molecule has 0 radical (unpaired) electrons. The predicted molar refractivity (Wildman–Crippen MR) is 56.7 cm³/mol. The number of alkyl halides is 1. The van der Waals surface area contributed by atoms with E-state index in [1.54, 1.807) is 24.3 Å². The third kappa shape index (κ3) is 3.29. The first-order valence-corrected chi connectivity index (χ1v) is 5.72. The number of rotatable bonds is 3. The SMILES string of the molecule is O=C(CCl)NS(=O)c1ccc(Cl)cc1. The van der Waals surface area contributed by atoms with Gasteiger partial charge in [-0.05, 0) is 24.3 Å². The summed E-state index contributed by atoms with van der Waals surface area (Å²) in [5.74, 6) is -0.681. The zero-order valence-corrected chi connectivity index (χ0v) is 9.33. The Kier molecular flexibility index (Phi) is 4.38. The first-order chi connectivity index (χ1) is 6.63. The molecule has 0 aliphatic rings. The Bertz CT molecular complexity index is 353. The Balaban J connectivity index is 2.70. The maximum Gasteiger partial charge on any atom is 0.246 e.